The lowest BCUT2D eigenvalue weighted by Gasteiger charge is -2.35. The van der Waals surface area contributed by atoms with E-state index in [-0.39, 0.29) is 0 Å². The van der Waals surface area contributed by atoms with Gasteiger partial charge in [0.1, 0.15) is 5.65 Å². The molecular formula is C16H24N4. The molecule has 0 radical (unpaired) electrons. The average Bonchev–Trinajstić information content (AvgIpc) is 2.83. The SMILES string of the molecule is Cc1cccc2nc(CN3CCCC(N(C)C)C3)cn12. The van der Waals surface area contributed by atoms with E-state index in [4.69, 9.17) is 4.98 Å². The number of rotatable bonds is 3. The molecule has 0 N–H and O–H groups in total. The average molecular weight is 272 g/mol. The van der Waals surface area contributed by atoms with E-state index < -0.39 is 0 Å². The van der Waals surface area contributed by atoms with Crippen molar-refractivity contribution in [2.75, 3.05) is 27.2 Å². The minimum atomic E-state index is 0.683. The highest BCUT2D eigenvalue weighted by atomic mass is 15.2. The molecule has 1 unspecified atom stereocenters. The number of fused-ring (bicyclic) bond motifs is 1. The van der Waals surface area contributed by atoms with Crippen LogP contribution < -0.4 is 0 Å². The van der Waals surface area contributed by atoms with Gasteiger partial charge in [-0.15, -0.1) is 0 Å². The fourth-order valence-corrected chi connectivity index (χ4v) is 3.10. The van der Waals surface area contributed by atoms with Crippen molar-refractivity contribution in [1.29, 1.82) is 0 Å². The predicted molar refractivity (Wildman–Crippen MR) is 81.9 cm³/mol. The molecule has 1 fully saturated rings. The first-order valence-corrected chi connectivity index (χ1v) is 7.46. The summed E-state index contributed by atoms with van der Waals surface area (Å²) in [5.74, 6) is 0. The smallest absolute Gasteiger partial charge is 0.137 e. The second-order valence-electron chi connectivity index (χ2n) is 6.12. The summed E-state index contributed by atoms with van der Waals surface area (Å²) in [5.41, 5.74) is 3.48. The maximum atomic E-state index is 4.75. The van der Waals surface area contributed by atoms with Crippen molar-refractivity contribution in [2.45, 2.75) is 32.4 Å². The number of piperidine rings is 1. The number of likely N-dealkylation sites (N-methyl/N-ethyl adjacent to an activating group) is 1. The van der Waals surface area contributed by atoms with Crippen molar-refractivity contribution in [2.24, 2.45) is 0 Å². The molecule has 0 aliphatic carbocycles. The number of likely N-dealkylation sites (tertiary alicyclic amines) is 1. The van der Waals surface area contributed by atoms with E-state index in [0.717, 1.165) is 18.7 Å². The molecule has 4 heteroatoms. The van der Waals surface area contributed by atoms with Gasteiger partial charge in [-0.1, -0.05) is 6.07 Å². The highest BCUT2D eigenvalue weighted by Crippen LogP contribution is 2.17. The Labute approximate surface area is 121 Å². The highest BCUT2D eigenvalue weighted by Gasteiger charge is 2.21. The van der Waals surface area contributed by atoms with Gasteiger partial charge in [-0.25, -0.2) is 4.98 Å². The van der Waals surface area contributed by atoms with Crippen LogP contribution in [0.25, 0.3) is 5.65 Å². The Kier molecular flexibility index (Phi) is 3.76. The summed E-state index contributed by atoms with van der Waals surface area (Å²) in [4.78, 5) is 9.63. The zero-order chi connectivity index (χ0) is 14.1. The van der Waals surface area contributed by atoms with Crippen LogP contribution >= 0.6 is 0 Å². The lowest BCUT2D eigenvalue weighted by molar-refractivity contribution is 0.127. The second-order valence-corrected chi connectivity index (χ2v) is 6.12. The summed E-state index contributed by atoms with van der Waals surface area (Å²) in [7, 11) is 4.37. The maximum absolute atomic E-state index is 4.75. The molecule has 2 aromatic rings. The van der Waals surface area contributed by atoms with Gasteiger partial charge < -0.3 is 9.30 Å². The van der Waals surface area contributed by atoms with Crippen LogP contribution in [0.15, 0.2) is 24.4 Å². The molecule has 0 aromatic carbocycles. The normalized spacial score (nSPS) is 20.9. The van der Waals surface area contributed by atoms with Crippen molar-refractivity contribution in [3.05, 3.63) is 35.8 Å². The maximum Gasteiger partial charge on any atom is 0.137 e. The number of aromatic nitrogens is 2. The monoisotopic (exact) mass is 272 g/mol. The van der Waals surface area contributed by atoms with E-state index in [2.05, 4.69) is 59.6 Å². The Morgan fingerprint density at radius 1 is 1.35 bits per heavy atom. The van der Waals surface area contributed by atoms with Crippen molar-refractivity contribution >= 4 is 5.65 Å². The molecule has 2 aromatic heterocycles. The molecule has 0 amide bonds. The van der Waals surface area contributed by atoms with Gasteiger partial charge in [0.2, 0.25) is 0 Å². The molecule has 108 valence electrons. The first-order valence-electron chi connectivity index (χ1n) is 7.46. The summed E-state index contributed by atoms with van der Waals surface area (Å²) in [5, 5.41) is 0. The fourth-order valence-electron chi connectivity index (χ4n) is 3.10. The quantitative estimate of drug-likeness (QED) is 0.855. The molecule has 0 saturated carbocycles. The highest BCUT2D eigenvalue weighted by molar-refractivity contribution is 5.41. The van der Waals surface area contributed by atoms with Crippen LogP contribution in [0, 0.1) is 6.92 Å². The summed E-state index contributed by atoms with van der Waals surface area (Å²) in [6, 6.07) is 6.96. The molecule has 4 nitrogen and oxygen atoms in total. The van der Waals surface area contributed by atoms with Gasteiger partial charge in [0.25, 0.3) is 0 Å². The summed E-state index contributed by atoms with van der Waals surface area (Å²) >= 11 is 0. The standard InChI is InChI=1S/C16H24N4/c1-13-6-4-8-16-17-14(11-20(13)16)10-19-9-5-7-15(12-19)18(2)3/h4,6,8,11,15H,5,7,9-10,12H2,1-3H3. The van der Waals surface area contributed by atoms with Crippen molar-refractivity contribution in [3.63, 3.8) is 0 Å². The lowest BCUT2D eigenvalue weighted by atomic mass is 10.0. The largest absolute Gasteiger partial charge is 0.305 e. The van der Waals surface area contributed by atoms with Crippen LogP contribution in [0.3, 0.4) is 0 Å². The predicted octanol–water partition coefficient (Wildman–Crippen LogP) is 2.17. The third-order valence-electron chi connectivity index (χ3n) is 4.34. The molecule has 3 rings (SSSR count). The Morgan fingerprint density at radius 2 is 2.20 bits per heavy atom. The Hall–Kier alpha value is -1.39. The zero-order valence-corrected chi connectivity index (χ0v) is 12.7. The molecule has 0 spiro atoms. The zero-order valence-electron chi connectivity index (χ0n) is 12.7. The van der Waals surface area contributed by atoms with E-state index >= 15 is 0 Å². The van der Waals surface area contributed by atoms with Crippen LogP contribution in [-0.4, -0.2) is 52.4 Å². The van der Waals surface area contributed by atoms with Gasteiger partial charge in [0, 0.05) is 31.0 Å². The van der Waals surface area contributed by atoms with Crippen LogP contribution in [0.4, 0.5) is 0 Å². The van der Waals surface area contributed by atoms with Crippen LogP contribution in [-0.2, 0) is 6.54 Å². The second kappa shape index (κ2) is 5.54. The number of imidazole rings is 1. The molecule has 1 aliphatic rings. The molecule has 3 heterocycles. The van der Waals surface area contributed by atoms with Gasteiger partial charge >= 0.3 is 0 Å². The van der Waals surface area contributed by atoms with E-state index in [1.54, 1.807) is 0 Å². The molecule has 0 bridgehead atoms. The van der Waals surface area contributed by atoms with E-state index in [1.165, 1.54) is 30.8 Å². The first kappa shape index (κ1) is 13.6. The van der Waals surface area contributed by atoms with E-state index in [1.807, 2.05) is 0 Å². The van der Waals surface area contributed by atoms with Crippen LogP contribution in [0.5, 0.6) is 0 Å². The van der Waals surface area contributed by atoms with Gasteiger partial charge in [-0.3, -0.25) is 4.90 Å². The van der Waals surface area contributed by atoms with Crippen LogP contribution in [0.2, 0.25) is 0 Å². The van der Waals surface area contributed by atoms with Crippen molar-refractivity contribution < 1.29 is 0 Å². The van der Waals surface area contributed by atoms with Gasteiger partial charge in [-0.2, -0.15) is 0 Å². The molecule has 1 atom stereocenters. The first-order chi connectivity index (χ1) is 9.63. The lowest BCUT2D eigenvalue weighted by Crippen LogP contribution is -2.44. The number of nitrogens with zero attached hydrogens (tertiary/aromatic N) is 4. The number of hydrogen-bond acceptors (Lipinski definition) is 3. The van der Waals surface area contributed by atoms with Crippen molar-refractivity contribution in [3.8, 4) is 0 Å². The number of hydrogen-bond donors (Lipinski definition) is 0. The minimum Gasteiger partial charge on any atom is -0.305 e. The van der Waals surface area contributed by atoms with E-state index in [0.29, 0.717) is 6.04 Å². The number of aryl methyl sites for hydroxylation is 1. The third-order valence-corrected chi connectivity index (χ3v) is 4.34. The van der Waals surface area contributed by atoms with Gasteiger partial charge in [0.15, 0.2) is 0 Å². The fraction of sp³-hybridized carbons (Fsp3) is 0.562. The van der Waals surface area contributed by atoms with Gasteiger partial charge in [0.05, 0.1) is 5.69 Å². The molecule has 1 aliphatic heterocycles. The third kappa shape index (κ3) is 2.72. The Morgan fingerprint density at radius 3 is 2.95 bits per heavy atom. The summed E-state index contributed by atoms with van der Waals surface area (Å²) < 4.78 is 2.18. The van der Waals surface area contributed by atoms with Crippen molar-refractivity contribution in [1.82, 2.24) is 19.2 Å². The topological polar surface area (TPSA) is 23.8 Å². The van der Waals surface area contributed by atoms with Crippen LogP contribution in [0.1, 0.15) is 24.2 Å². The summed E-state index contributed by atoms with van der Waals surface area (Å²) in [6.07, 6.45) is 4.78. The number of pyridine rings is 1. The van der Waals surface area contributed by atoms with Gasteiger partial charge in [-0.05, 0) is 52.5 Å². The Balaban J connectivity index is 1.74. The molecule has 20 heavy (non-hydrogen) atoms. The molecular weight excluding hydrogens is 248 g/mol. The van der Waals surface area contributed by atoms with E-state index in [9.17, 15) is 0 Å². The Bertz CT molecular complexity index is 587. The molecule has 1 saturated heterocycles. The summed E-state index contributed by atoms with van der Waals surface area (Å²) in [6.45, 7) is 5.43. The minimum absolute atomic E-state index is 0.683.